The zero-order valence-corrected chi connectivity index (χ0v) is 10.8. The predicted molar refractivity (Wildman–Crippen MR) is 59.0 cm³/mol. The summed E-state index contributed by atoms with van der Waals surface area (Å²) in [5.74, 6) is 0. The van der Waals surface area contributed by atoms with Crippen LogP contribution in [0.25, 0.3) is 0 Å². The molecule has 0 atom stereocenters. The second kappa shape index (κ2) is 4.33. The van der Waals surface area contributed by atoms with Gasteiger partial charge in [-0.25, -0.2) is 0 Å². The fourth-order valence-corrected chi connectivity index (χ4v) is 1.33. The summed E-state index contributed by atoms with van der Waals surface area (Å²) in [6.07, 6.45) is 0. The zero-order chi connectivity index (χ0) is 10.2. The van der Waals surface area contributed by atoms with Gasteiger partial charge in [-0.15, -0.1) is 0 Å². The predicted octanol–water partition coefficient (Wildman–Crippen LogP) is 5.06. The first-order valence-corrected chi connectivity index (χ1v) is 5.15. The fourth-order valence-electron chi connectivity index (χ4n) is 0.385. The molecule has 0 N–H and O–H groups in total. The van der Waals surface area contributed by atoms with Crippen LogP contribution in [0.15, 0.2) is 10.1 Å². The highest BCUT2D eigenvalue weighted by molar-refractivity contribution is 6.61. The molecule has 0 aliphatic carbocycles. The molecular weight excluding hydrogens is 285 g/mol. The Morgan fingerprint density at radius 1 is 0.750 bits per heavy atom. The van der Waals surface area contributed by atoms with Crippen LogP contribution in [0.3, 0.4) is 0 Å². The lowest BCUT2D eigenvalue weighted by Gasteiger charge is -2.19. The van der Waals surface area contributed by atoms with Gasteiger partial charge < -0.3 is 0 Å². The molecular formula is C6H6Cl6. The summed E-state index contributed by atoms with van der Waals surface area (Å²) in [6.45, 7) is 2.95. The summed E-state index contributed by atoms with van der Waals surface area (Å²) >= 11 is 34.0. The van der Waals surface area contributed by atoms with E-state index in [4.69, 9.17) is 69.6 Å². The second-order valence-corrected chi connectivity index (χ2v) is 6.57. The maximum Gasteiger partial charge on any atom is 0.152 e. The van der Waals surface area contributed by atoms with Crippen molar-refractivity contribution in [2.75, 3.05) is 0 Å². The van der Waals surface area contributed by atoms with E-state index in [0.29, 0.717) is 0 Å². The first kappa shape index (κ1) is 13.5. The molecule has 0 saturated carbocycles. The van der Waals surface area contributed by atoms with E-state index < -0.39 is 8.67 Å². The molecule has 0 rings (SSSR count). The average molecular weight is 291 g/mol. The third-order valence-corrected chi connectivity index (χ3v) is 3.34. The summed E-state index contributed by atoms with van der Waals surface area (Å²) in [4.78, 5) is 0. The highest BCUT2D eigenvalue weighted by Crippen LogP contribution is 2.42. The van der Waals surface area contributed by atoms with Gasteiger partial charge in [-0.2, -0.15) is 0 Å². The Hall–Kier alpha value is 1.48. The molecule has 0 aromatic carbocycles. The van der Waals surface area contributed by atoms with Crippen molar-refractivity contribution in [1.82, 2.24) is 0 Å². The summed E-state index contributed by atoms with van der Waals surface area (Å²) in [5.41, 5.74) is 0. The van der Waals surface area contributed by atoms with E-state index in [1.54, 1.807) is 0 Å². The molecule has 0 amide bonds. The molecule has 0 spiro atoms. The van der Waals surface area contributed by atoms with Gasteiger partial charge in [0.15, 0.2) is 8.67 Å². The minimum Gasteiger partial charge on any atom is -0.0956 e. The molecule has 0 aliphatic heterocycles. The Balaban J connectivity index is 4.96. The monoisotopic (exact) mass is 288 g/mol. The smallest absolute Gasteiger partial charge is 0.0956 e. The van der Waals surface area contributed by atoms with Gasteiger partial charge in [-0.1, -0.05) is 69.6 Å². The van der Waals surface area contributed by atoms with E-state index in [2.05, 4.69) is 0 Å². The second-order valence-electron chi connectivity index (χ2n) is 2.40. The Morgan fingerprint density at radius 3 is 1.00 bits per heavy atom. The molecule has 0 unspecified atom stereocenters. The van der Waals surface area contributed by atoms with Crippen molar-refractivity contribution >= 4 is 69.6 Å². The molecule has 72 valence electrons. The Labute approximate surface area is 102 Å². The van der Waals surface area contributed by atoms with Crippen molar-refractivity contribution in [3.8, 4) is 0 Å². The molecule has 0 nitrogen and oxygen atoms in total. The number of halogens is 6. The van der Waals surface area contributed by atoms with Crippen molar-refractivity contribution in [3.63, 3.8) is 0 Å². The van der Waals surface area contributed by atoms with Crippen LogP contribution in [0.5, 0.6) is 0 Å². The lowest BCUT2D eigenvalue weighted by Crippen LogP contribution is -2.15. The maximum atomic E-state index is 5.71. The number of allylic oxidation sites excluding steroid dienone is 2. The van der Waals surface area contributed by atoms with E-state index in [1.165, 1.54) is 13.8 Å². The van der Waals surface area contributed by atoms with Crippen LogP contribution in [-0.2, 0) is 0 Å². The lowest BCUT2D eigenvalue weighted by molar-refractivity contribution is 1.02. The molecule has 0 aliphatic rings. The van der Waals surface area contributed by atoms with Crippen LogP contribution in [0.2, 0.25) is 0 Å². The maximum absolute atomic E-state index is 5.71. The highest BCUT2D eigenvalue weighted by atomic mass is 35.5. The normalized spacial score (nSPS) is 16.0. The van der Waals surface area contributed by atoms with Crippen LogP contribution < -0.4 is 0 Å². The van der Waals surface area contributed by atoms with E-state index in [1.807, 2.05) is 0 Å². The van der Waals surface area contributed by atoms with Gasteiger partial charge in [-0.05, 0) is 13.8 Å². The average Bonchev–Trinajstić information content (AvgIpc) is 1.80. The number of rotatable bonds is 2. The minimum absolute atomic E-state index is 0.0278. The summed E-state index contributed by atoms with van der Waals surface area (Å²) in [5, 5.41) is 0.0556. The van der Waals surface area contributed by atoms with Crippen molar-refractivity contribution in [2.45, 2.75) is 22.5 Å². The molecule has 0 heterocycles. The van der Waals surface area contributed by atoms with Gasteiger partial charge >= 0.3 is 0 Å². The summed E-state index contributed by atoms with van der Waals surface area (Å²) < 4.78 is -2.55. The Morgan fingerprint density at radius 2 is 0.917 bits per heavy atom. The number of alkyl halides is 4. The zero-order valence-electron chi connectivity index (χ0n) is 6.27. The third kappa shape index (κ3) is 4.13. The minimum atomic E-state index is -1.27. The third-order valence-electron chi connectivity index (χ3n) is 0.964. The van der Waals surface area contributed by atoms with Crippen molar-refractivity contribution < 1.29 is 0 Å². The summed E-state index contributed by atoms with van der Waals surface area (Å²) in [7, 11) is 0. The lowest BCUT2D eigenvalue weighted by atomic mass is 10.3. The molecule has 0 saturated heterocycles. The van der Waals surface area contributed by atoms with Gasteiger partial charge in [0.2, 0.25) is 0 Å². The fraction of sp³-hybridized carbons (Fsp3) is 0.667. The van der Waals surface area contributed by atoms with E-state index in [9.17, 15) is 0 Å². The topological polar surface area (TPSA) is 0 Å². The number of hydrogen-bond acceptors (Lipinski definition) is 0. The van der Waals surface area contributed by atoms with Gasteiger partial charge in [0, 0.05) is 0 Å². The Kier molecular flexibility index (Phi) is 4.87. The first-order valence-electron chi connectivity index (χ1n) is 2.88. The number of hydrogen-bond donors (Lipinski definition) is 0. The van der Waals surface area contributed by atoms with Crippen LogP contribution in [0.4, 0.5) is 0 Å². The van der Waals surface area contributed by atoms with Gasteiger partial charge in [0.1, 0.15) is 0 Å². The molecule has 0 aromatic heterocycles. The van der Waals surface area contributed by atoms with E-state index in [0.717, 1.165) is 0 Å². The first-order chi connectivity index (χ1) is 5.07. The highest BCUT2D eigenvalue weighted by Gasteiger charge is 2.32. The van der Waals surface area contributed by atoms with Gasteiger partial charge in [-0.3, -0.25) is 0 Å². The quantitative estimate of drug-likeness (QED) is 0.623. The molecule has 12 heavy (non-hydrogen) atoms. The molecule has 0 radical (unpaired) electrons. The SMILES string of the molecule is CC(Cl)(Cl)/C(Cl)=C(\Cl)C(C)(Cl)Cl. The molecule has 6 heteroatoms. The molecule has 0 bridgehead atoms. The van der Waals surface area contributed by atoms with Crippen molar-refractivity contribution in [1.29, 1.82) is 0 Å². The van der Waals surface area contributed by atoms with Crippen LogP contribution in [-0.4, -0.2) is 8.67 Å². The molecule has 0 fully saturated rings. The summed E-state index contributed by atoms with van der Waals surface area (Å²) in [6, 6.07) is 0. The van der Waals surface area contributed by atoms with Crippen LogP contribution in [0, 0.1) is 0 Å². The standard InChI is InChI=1S/C6H6Cl6/c1-5(9,10)3(7)4(8)6(2,11)12/h1-2H3/b4-3+. The van der Waals surface area contributed by atoms with Crippen LogP contribution >= 0.6 is 69.6 Å². The molecule has 0 aromatic rings. The Bertz CT molecular complexity index is 171. The van der Waals surface area contributed by atoms with Crippen molar-refractivity contribution in [3.05, 3.63) is 10.1 Å². The van der Waals surface area contributed by atoms with E-state index >= 15 is 0 Å². The van der Waals surface area contributed by atoms with Crippen LogP contribution in [0.1, 0.15) is 13.8 Å². The van der Waals surface area contributed by atoms with Crippen molar-refractivity contribution in [2.24, 2.45) is 0 Å². The van der Waals surface area contributed by atoms with Gasteiger partial charge in [0.25, 0.3) is 0 Å². The van der Waals surface area contributed by atoms with E-state index in [-0.39, 0.29) is 10.1 Å². The largest absolute Gasteiger partial charge is 0.152 e. The van der Waals surface area contributed by atoms with Gasteiger partial charge in [0.05, 0.1) is 10.1 Å².